The average molecular weight is 321 g/mol. The van der Waals surface area contributed by atoms with Crippen molar-refractivity contribution < 1.29 is 18.7 Å². The van der Waals surface area contributed by atoms with Crippen molar-refractivity contribution in [3.8, 4) is 0 Å². The summed E-state index contributed by atoms with van der Waals surface area (Å²) < 4.78 is 28.6. The number of hydrogen-bond acceptors (Lipinski definition) is 3. The van der Waals surface area contributed by atoms with Crippen LogP contribution in [0.2, 0.25) is 0 Å². The number of aliphatic hydroxyl groups is 1. The van der Waals surface area contributed by atoms with Crippen molar-refractivity contribution in [1.82, 2.24) is 15.1 Å². The summed E-state index contributed by atoms with van der Waals surface area (Å²) in [4.78, 5) is 12.3. The van der Waals surface area contributed by atoms with Crippen molar-refractivity contribution in [3.63, 3.8) is 0 Å². The molecule has 1 unspecified atom stereocenters. The minimum atomic E-state index is -0.775. The molecule has 1 saturated carbocycles. The van der Waals surface area contributed by atoms with E-state index in [0.717, 1.165) is 23.8 Å². The van der Waals surface area contributed by atoms with Gasteiger partial charge in [0.1, 0.15) is 11.6 Å². The Hall–Kier alpha value is -2.28. The zero-order valence-electron chi connectivity index (χ0n) is 12.5. The van der Waals surface area contributed by atoms with E-state index < -0.39 is 23.6 Å². The van der Waals surface area contributed by atoms with Crippen LogP contribution >= 0.6 is 0 Å². The normalized spacial score (nSPS) is 21.6. The number of nitrogens with zero attached hydrogens (tertiary/aromatic N) is 2. The zero-order chi connectivity index (χ0) is 16.6. The van der Waals surface area contributed by atoms with Crippen molar-refractivity contribution in [2.45, 2.75) is 25.0 Å². The Kier molecular flexibility index (Phi) is 4.12. The van der Waals surface area contributed by atoms with Gasteiger partial charge in [-0.25, -0.2) is 8.78 Å². The summed E-state index contributed by atoms with van der Waals surface area (Å²) in [5.41, 5.74) is 0.438. The lowest BCUT2D eigenvalue weighted by atomic mass is 9.75. The van der Waals surface area contributed by atoms with Crippen LogP contribution < -0.4 is 5.32 Å². The summed E-state index contributed by atoms with van der Waals surface area (Å²) in [5, 5.41) is 16.3. The van der Waals surface area contributed by atoms with E-state index in [0.29, 0.717) is 12.8 Å². The average Bonchev–Trinajstić information content (AvgIpc) is 2.90. The second-order valence-electron chi connectivity index (χ2n) is 5.91. The van der Waals surface area contributed by atoms with Crippen LogP contribution in [0.25, 0.3) is 0 Å². The number of hydrogen-bond donors (Lipinski definition) is 2. The van der Waals surface area contributed by atoms with Gasteiger partial charge in [0.25, 0.3) is 5.91 Å². The van der Waals surface area contributed by atoms with Gasteiger partial charge in [0.05, 0.1) is 23.9 Å². The first-order valence-electron chi connectivity index (χ1n) is 7.36. The maximum Gasteiger partial charge on any atom is 0.254 e. The minimum Gasteiger partial charge on any atom is -0.393 e. The summed E-state index contributed by atoms with van der Waals surface area (Å²) in [6.45, 7) is 0. The van der Waals surface area contributed by atoms with E-state index in [4.69, 9.17) is 0 Å². The van der Waals surface area contributed by atoms with Gasteiger partial charge in [-0.3, -0.25) is 9.48 Å². The highest BCUT2D eigenvalue weighted by Crippen LogP contribution is 2.38. The third-order valence-electron chi connectivity index (χ3n) is 4.16. The fourth-order valence-corrected chi connectivity index (χ4v) is 2.87. The third-order valence-corrected chi connectivity index (χ3v) is 4.16. The first-order valence-corrected chi connectivity index (χ1v) is 7.36. The maximum atomic E-state index is 13.8. The molecule has 1 aliphatic carbocycles. The number of benzene rings is 1. The van der Waals surface area contributed by atoms with Crippen LogP contribution in [0, 0.1) is 17.6 Å². The van der Waals surface area contributed by atoms with Crippen molar-refractivity contribution in [1.29, 1.82) is 0 Å². The molecule has 0 radical (unpaired) electrons. The lowest BCUT2D eigenvalue weighted by molar-refractivity contribution is 0.0234. The van der Waals surface area contributed by atoms with Gasteiger partial charge >= 0.3 is 0 Å². The van der Waals surface area contributed by atoms with Crippen LogP contribution in [0.5, 0.6) is 0 Å². The SMILES string of the molecule is Cn1cc(C(NC(=O)c2cc(F)ccc2F)C2CC(O)C2)cn1. The highest BCUT2D eigenvalue weighted by atomic mass is 19.1. The van der Waals surface area contributed by atoms with Gasteiger partial charge in [-0.2, -0.15) is 5.10 Å². The van der Waals surface area contributed by atoms with Crippen LogP contribution in [0.3, 0.4) is 0 Å². The number of aliphatic hydroxyl groups excluding tert-OH is 1. The van der Waals surface area contributed by atoms with Crippen LogP contribution in [0.15, 0.2) is 30.6 Å². The Balaban J connectivity index is 1.83. The number of aromatic nitrogens is 2. The van der Waals surface area contributed by atoms with E-state index in [1.807, 2.05) is 0 Å². The summed E-state index contributed by atoms with van der Waals surface area (Å²) >= 11 is 0. The molecule has 0 spiro atoms. The summed E-state index contributed by atoms with van der Waals surface area (Å²) in [5.74, 6) is -2.09. The van der Waals surface area contributed by atoms with Crippen molar-refractivity contribution in [3.05, 3.63) is 53.4 Å². The fraction of sp³-hybridized carbons (Fsp3) is 0.375. The van der Waals surface area contributed by atoms with Gasteiger partial charge in [0.15, 0.2) is 0 Å². The van der Waals surface area contributed by atoms with E-state index in [-0.39, 0.29) is 17.6 Å². The quantitative estimate of drug-likeness (QED) is 0.904. The lowest BCUT2D eigenvalue weighted by Crippen LogP contribution is -2.41. The molecular weight excluding hydrogens is 304 g/mol. The number of carbonyl (C=O) groups excluding carboxylic acids is 1. The summed E-state index contributed by atoms with van der Waals surface area (Å²) in [6, 6.07) is 2.37. The van der Waals surface area contributed by atoms with Crippen LogP contribution in [0.1, 0.15) is 34.8 Å². The van der Waals surface area contributed by atoms with Crippen LogP contribution in [-0.4, -0.2) is 26.9 Å². The van der Waals surface area contributed by atoms with Crippen LogP contribution in [-0.2, 0) is 7.05 Å². The monoisotopic (exact) mass is 321 g/mol. The Labute approximate surface area is 131 Å². The molecule has 0 bridgehead atoms. The standard InChI is InChI=1S/C16H17F2N3O2/c1-21-8-10(7-19-21)15(9-4-12(22)5-9)20-16(23)13-6-11(17)2-3-14(13)18/h2-3,6-9,12,15,22H,4-5H2,1H3,(H,20,23). The van der Waals surface area contributed by atoms with Crippen molar-refractivity contribution in [2.24, 2.45) is 13.0 Å². The van der Waals surface area contributed by atoms with Gasteiger partial charge in [0.2, 0.25) is 0 Å². The molecule has 1 amide bonds. The second-order valence-corrected chi connectivity index (χ2v) is 5.91. The molecule has 1 atom stereocenters. The highest BCUT2D eigenvalue weighted by molar-refractivity contribution is 5.94. The molecule has 1 heterocycles. The van der Waals surface area contributed by atoms with E-state index in [9.17, 15) is 18.7 Å². The topological polar surface area (TPSA) is 67.2 Å². The number of nitrogens with one attached hydrogen (secondary N) is 1. The Morgan fingerprint density at radius 1 is 1.43 bits per heavy atom. The molecule has 5 nitrogen and oxygen atoms in total. The van der Waals surface area contributed by atoms with Crippen molar-refractivity contribution in [2.75, 3.05) is 0 Å². The van der Waals surface area contributed by atoms with E-state index >= 15 is 0 Å². The van der Waals surface area contributed by atoms with E-state index in [2.05, 4.69) is 10.4 Å². The molecule has 1 aromatic carbocycles. The molecule has 2 N–H and O–H groups in total. The molecule has 23 heavy (non-hydrogen) atoms. The number of carbonyl (C=O) groups is 1. The first-order chi connectivity index (χ1) is 10.9. The van der Waals surface area contributed by atoms with Crippen LogP contribution in [0.4, 0.5) is 8.78 Å². The minimum absolute atomic E-state index is 0.0368. The van der Waals surface area contributed by atoms with Gasteiger partial charge < -0.3 is 10.4 Å². The van der Waals surface area contributed by atoms with Gasteiger partial charge in [-0.1, -0.05) is 0 Å². The first kappa shape index (κ1) is 15.6. The molecule has 7 heteroatoms. The molecule has 1 aliphatic rings. The third kappa shape index (κ3) is 3.24. The number of aryl methyl sites for hydroxylation is 1. The Morgan fingerprint density at radius 2 is 2.17 bits per heavy atom. The predicted octanol–water partition coefficient (Wildman–Crippen LogP) is 1.94. The smallest absolute Gasteiger partial charge is 0.254 e. The zero-order valence-corrected chi connectivity index (χ0v) is 12.5. The molecule has 2 aromatic rings. The molecule has 122 valence electrons. The van der Waals surface area contributed by atoms with E-state index in [1.165, 1.54) is 0 Å². The highest BCUT2D eigenvalue weighted by Gasteiger charge is 2.36. The molecule has 0 saturated heterocycles. The van der Waals surface area contributed by atoms with Crippen molar-refractivity contribution >= 4 is 5.91 Å². The van der Waals surface area contributed by atoms with Gasteiger partial charge in [0, 0.05) is 18.8 Å². The number of halogens is 2. The lowest BCUT2D eigenvalue weighted by Gasteiger charge is -2.37. The molecular formula is C16H17F2N3O2. The fourth-order valence-electron chi connectivity index (χ4n) is 2.87. The Bertz CT molecular complexity index is 726. The summed E-state index contributed by atoms with van der Waals surface area (Å²) in [6.07, 6.45) is 4.09. The van der Waals surface area contributed by atoms with Gasteiger partial charge in [-0.15, -0.1) is 0 Å². The molecule has 0 aliphatic heterocycles. The molecule has 3 rings (SSSR count). The Morgan fingerprint density at radius 3 is 2.78 bits per heavy atom. The molecule has 1 aromatic heterocycles. The number of amides is 1. The summed E-state index contributed by atoms with van der Waals surface area (Å²) in [7, 11) is 1.75. The van der Waals surface area contributed by atoms with Gasteiger partial charge in [-0.05, 0) is 37.0 Å². The van der Waals surface area contributed by atoms with E-state index in [1.54, 1.807) is 24.1 Å². The second kappa shape index (κ2) is 6.08. The maximum absolute atomic E-state index is 13.8. The molecule has 1 fully saturated rings. The largest absolute Gasteiger partial charge is 0.393 e. The number of rotatable bonds is 4. The predicted molar refractivity (Wildman–Crippen MR) is 78.5 cm³/mol.